The van der Waals surface area contributed by atoms with Gasteiger partial charge < -0.3 is 10.1 Å². The molecule has 0 saturated heterocycles. The minimum Gasteiger partial charge on any atom is -0.493 e. The summed E-state index contributed by atoms with van der Waals surface area (Å²) in [6.07, 6.45) is 1.61. The number of benzene rings is 3. The molecule has 0 radical (unpaired) electrons. The first-order chi connectivity index (χ1) is 13.1. The average Bonchev–Trinajstić information content (AvgIpc) is 2.67. The molecule has 0 saturated carbocycles. The van der Waals surface area contributed by atoms with Gasteiger partial charge in [-0.25, -0.2) is 0 Å². The Morgan fingerprint density at radius 3 is 2.59 bits per heavy atom. The number of ether oxygens (including phenoxy) is 1. The fraction of sp³-hybridized carbons (Fsp3) is 0.130. The number of anilines is 1. The smallest absolute Gasteiger partial charge is 0.266 e. The van der Waals surface area contributed by atoms with Crippen LogP contribution in [0.4, 0.5) is 5.69 Å². The van der Waals surface area contributed by atoms with Crippen molar-refractivity contribution in [1.82, 2.24) is 0 Å². The average molecular weight is 356 g/mol. The number of carbonyl (C=O) groups is 1. The Balaban J connectivity index is 1.97. The second-order valence-electron chi connectivity index (χ2n) is 6.12. The zero-order valence-corrected chi connectivity index (χ0v) is 15.3. The second-order valence-corrected chi connectivity index (χ2v) is 6.12. The monoisotopic (exact) mass is 356 g/mol. The summed E-state index contributed by atoms with van der Waals surface area (Å²) in [5.41, 5.74) is 2.54. The molecule has 0 bridgehead atoms. The van der Waals surface area contributed by atoms with E-state index in [9.17, 15) is 10.1 Å². The molecular weight excluding hydrogens is 336 g/mol. The molecule has 1 amide bonds. The predicted octanol–water partition coefficient (Wildman–Crippen LogP) is 5.09. The van der Waals surface area contributed by atoms with E-state index in [1.54, 1.807) is 12.1 Å². The molecule has 3 aromatic rings. The highest BCUT2D eigenvalue weighted by molar-refractivity contribution is 6.11. The van der Waals surface area contributed by atoms with Crippen LogP contribution >= 0.6 is 0 Å². The van der Waals surface area contributed by atoms with E-state index in [-0.39, 0.29) is 5.57 Å². The SMILES string of the molecule is CCOc1ccc(/C=C(/C#N)C(=O)Nc2cccc(C)c2)c2ccccc12. The standard InChI is InChI=1S/C23H20N2O2/c1-3-27-22-12-11-17(20-9-4-5-10-21(20)22)14-18(15-24)23(26)25-19-8-6-7-16(2)13-19/h4-14H,3H2,1-2H3,(H,25,26)/b18-14-. The molecule has 27 heavy (non-hydrogen) atoms. The van der Waals surface area contributed by atoms with E-state index in [1.165, 1.54) is 0 Å². The molecule has 0 aromatic heterocycles. The van der Waals surface area contributed by atoms with E-state index in [1.807, 2.05) is 74.5 Å². The zero-order valence-electron chi connectivity index (χ0n) is 15.3. The Hall–Kier alpha value is -3.58. The molecular formula is C23H20N2O2. The first-order valence-electron chi connectivity index (χ1n) is 8.76. The van der Waals surface area contributed by atoms with Crippen molar-refractivity contribution in [2.75, 3.05) is 11.9 Å². The lowest BCUT2D eigenvalue weighted by Crippen LogP contribution is -2.13. The van der Waals surface area contributed by atoms with Crippen molar-refractivity contribution >= 4 is 28.4 Å². The molecule has 4 nitrogen and oxygen atoms in total. The molecule has 0 fully saturated rings. The summed E-state index contributed by atoms with van der Waals surface area (Å²) < 4.78 is 5.68. The molecule has 0 aliphatic rings. The van der Waals surface area contributed by atoms with Crippen LogP contribution < -0.4 is 10.1 Å². The van der Waals surface area contributed by atoms with Gasteiger partial charge in [-0.15, -0.1) is 0 Å². The van der Waals surface area contributed by atoms with E-state index in [0.29, 0.717) is 12.3 Å². The van der Waals surface area contributed by atoms with Gasteiger partial charge in [-0.1, -0.05) is 42.5 Å². The number of carbonyl (C=O) groups excluding carboxylic acids is 1. The number of aryl methyl sites for hydroxylation is 1. The second kappa shape index (κ2) is 8.20. The molecule has 0 spiro atoms. The van der Waals surface area contributed by atoms with Crippen LogP contribution in [-0.2, 0) is 4.79 Å². The van der Waals surface area contributed by atoms with Gasteiger partial charge in [0.15, 0.2) is 0 Å². The van der Waals surface area contributed by atoms with Gasteiger partial charge in [0, 0.05) is 11.1 Å². The lowest BCUT2D eigenvalue weighted by atomic mass is 10.0. The van der Waals surface area contributed by atoms with Crippen LogP contribution in [0.5, 0.6) is 5.75 Å². The largest absolute Gasteiger partial charge is 0.493 e. The van der Waals surface area contributed by atoms with Crippen molar-refractivity contribution in [1.29, 1.82) is 5.26 Å². The fourth-order valence-electron chi connectivity index (χ4n) is 2.93. The maximum Gasteiger partial charge on any atom is 0.266 e. The molecule has 0 heterocycles. The number of amides is 1. The molecule has 0 aliphatic heterocycles. The highest BCUT2D eigenvalue weighted by Crippen LogP contribution is 2.30. The summed E-state index contributed by atoms with van der Waals surface area (Å²) in [5, 5.41) is 14.2. The Morgan fingerprint density at radius 1 is 1.11 bits per heavy atom. The summed E-state index contributed by atoms with van der Waals surface area (Å²) in [6.45, 7) is 4.45. The van der Waals surface area contributed by atoms with Gasteiger partial charge in [0.25, 0.3) is 5.91 Å². The number of hydrogen-bond donors (Lipinski definition) is 1. The van der Waals surface area contributed by atoms with Crippen LogP contribution in [0, 0.1) is 18.3 Å². The third-order valence-corrected chi connectivity index (χ3v) is 4.16. The highest BCUT2D eigenvalue weighted by Gasteiger charge is 2.12. The first-order valence-corrected chi connectivity index (χ1v) is 8.76. The molecule has 1 N–H and O–H groups in total. The maximum absolute atomic E-state index is 12.5. The topological polar surface area (TPSA) is 62.1 Å². The molecule has 3 rings (SSSR count). The van der Waals surface area contributed by atoms with Gasteiger partial charge in [-0.05, 0) is 54.6 Å². The normalized spacial score (nSPS) is 11.1. The van der Waals surface area contributed by atoms with Crippen molar-refractivity contribution in [3.63, 3.8) is 0 Å². The fourth-order valence-corrected chi connectivity index (χ4v) is 2.93. The third kappa shape index (κ3) is 4.16. The molecule has 4 heteroatoms. The Labute approximate surface area is 158 Å². The van der Waals surface area contributed by atoms with E-state index >= 15 is 0 Å². The zero-order chi connectivity index (χ0) is 19.2. The first kappa shape index (κ1) is 18.2. The summed E-state index contributed by atoms with van der Waals surface area (Å²) in [4.78, 5) is 12.5. The quantitative estimate of drug-likeness (QED) is 0.511. The lowest BCUT2D eigenvalue weighted by Gasteiger charge is -2.10. The summed E-state index contributed by atoms with van der Waals surface area (Å²) in [7, 11) is 0. The van der Waals surface area contributed by atoms with E-state index in [4.69, 9.17) is 4.74 Å². The highest BCUT2D eigenvalue weighted by atomic mass is 16.5. The molecule has 0 unspecified atom stereocenters. The minimum atomic E-state index is -0.430. The molecule has 0 aliphatic carbocycles. The number of nitriles is 1. The lowest BCUT2D eigenvalue weighted by molar-refractivity contribution is -0.112. The summed E-state index contributed by atoms with van der Waals surface area (Å²) >= 11 is 0. The van der Waals surface area contributed by atoms with Crippen LogP contribution in [0.1, 0.15) is 18.1 Å². The van der Waals surface area contributed by atoms with Crippen molar-refractivity contribution in [3.05, 3.63) is 77.4 Å². The van der Waals surface area contributed by atoms with Crippen LogP contribution in [0.3, 0.4) is 0 Å². The van der Waals surface area contributed by atoms with E-state index in [0.717, 1.165) is 27.6 Å². The molecule has 134 valence electrons. The molecule has 0 atom stereocenters. The number of hydrogen-bond acceptors (Lipinski definition) is 3. The van der Waals surface area contributed by atoms with Crippen molar-refractivity contribution < 1.29 is 9.53 Å². The Morgan fingerprint density at radius 2 is 1.89 bits per heavy atom. The van der Waals surface area contributed by atoms with E-state index < -0.39 is 5.91 Å². The van der Waals surface area contributed by atoms with E-state index in [2.05, 4.69) is 5.32 Å². The van der Waals surface area contributed by atoms with Gasteiger partial charge in [-0.2, -0.15) is 5.26 Å². The Kier molecular flexibility index (Phi) is 5.53. The van der Waals surface area contributed by atoms with Gasteiger partial charge in [0.2, 0.25) is 0 Å². The Bertz CT molecular complexity index is 1060. The number of nitrogens with zero attached hydrogens (tertiary/aromatic N) is 1. The van der Waals surface area contributed by atoms with Gasteiger partial charge in [-0.3, -0.25) is 4.79 Å². The molecule has 3 aromatic carbocycles. The van der Waals surface area contributed by atoms with Gasteiger partial charge in [0.05, 0.1) is 6.61 Å². The number of nitrogens with one attached hydrogen (secondary N) is 1. The van der Waals surface area contributed by atoms with Crippen LogP contribution in [-0.4, -0.2) is 12.5 Å². The van der Waals surface area contributed by atoms with Crippen LogP contribution in [0.2, 0.25) is 0 Å². The van der Waals surface area contributed by atoms with Crippen LogP contribution in [0.25, 0.3) is 16.8 Å². The number of rotatable bonds is 5. The van der Waals surface area contributed by atoms with Crippen molar-refractivity contribution in [2.45, 2.75) is 13.8 Å². The van der Waals surface area contributed by atoms with Crippen molar-refractivity contribution in [3.8, 4) is 11.8 Å². The number of fused-ring (bicyclic) bond motifs is 1. The predicted molar refractivity (Wildman–Crippen MR) is 109 cm³/mol. The minimum absolute atomic E-state index is 0.0471. The van der Waals surface area contributed by atoms with Crippen molar-refractivity contribution in [2.24, 2.45) is 0 Å². The summed E-state index contributed by atoms with van der Waals surface area (Å²) in [6, 6.07) is 21.0. The van der Waals surface area contributed by atoms with Gasteiger partial charge >= 0.3 is 0 Å². The van der Waals surface area contributed by atoms with Gasteiger partial charge in [0.1, 0.15) is 17.4 Å². The third-order valence-electron chi connectivity index (χ3n) is 4.16. The van der Waals surface area contributed by atoms with Crippen LogP contribution in [0.15, 0.2) is 66.2 Å². The maximum atomic E-state index is 12.5. The summed E-state index contributed by atoms with van der Waals surface area (Å²) in [5.74, 6) is 0.356.